The van der Waals surface area contributed by atoms with Gasteiger partial charge in [-0.25, -0.2) is 0 Å². The van der Waals surface area contributed by atoms with Crippen molar-refractivity contribution in [1.82, 2.24) is 5.32 Å². The Labute approximate surface area is 182 Å². The number of piperidine rings is 1. The third-order valence-corrected chi connectivity index (χ3v) is 6.54. The van der Waals surface area contributed by atoms with E-state index in [4.69, 9.17) is 4.74 Å². The van der Waals surface area contributed by atoms with Crippen LogP contribution in [0.1, 0.15) is 42.0 Å². The van der Waals surface area contributed by atoms with Gasteiger partial charge in [-0.2, -0.15) is 0 Å². The van der Waals surface area contributed by atoms with Gasteiger partial charge < -0.3 is 10.1 Å². The Kier molecular flexibility index (Phi) is 6.18. The Hall–Kier alpha value is -2.99. The van der Waals surface area contributed by atoms with Crippen molar-refractivity contribution < 1.29 is 14.5 Å². The number of nitro benzene ring substituents is 1. The van der Waals surface area contributed by atoms with Crippen molar-refractivity contribution in [3.63, 3.8) is 0 Å². The van der Waals surface area contributed by atoms with Crippen LogP contribution < -0.4 is 5.32 Å². The maximum absolute atomic E-state index is 12.8. The number of benzene rings is 2. The first-order valence-electron chi connectivity index (χ1n) is 11.0. The molecule has 0 radical (unpaired) electrons. The van der Waals surface area contributed by atoms with Crippen molar-refractivity contribution in [2.75, 3.05) is 19.7 Å². The Morgan fingerprint density at radius 1 is 1.13 bits per heavy atom. The van der Waals surface area contributed by atoms with Crippen LogP contribution in [0.2, 0.25) is 0 Å². The van der Waals surface area contributed by atoms with Crippen LogP contribution in [-0.4, -0.2) is 30.6 Å². The first-order valence-corrected chi connectivity index (χ1v) is 11.0. The van der Waals surface area contributed by atoms with Gasteiger partial charge in [0.15, 0.2) is 0 Å². The first kappa shape index (κ1) is 21.2. The molecular formula is C25H28N2O4. The monoisotopic (exact) mass is 420 g/mol. The maximum atomic E-state index is 12.8. The highest BCUT2D eigenvalue weighted by atomic mass is 16.6. The molecular weight excluding hydrogens is 392 g/mol. The molecule has 6 nitrogen and oxygen atoms in total. The minimum Gasteiger partial charge on any atom is -0.466 e. The van der Waals surface area contributed by atoms with Crippen molar-refractivity contribution in [2.45, 2.75) is 38.0 Å². The number of esters is 1. The maximum Gasteiger partial charge on any atom is 0.309 e. The summed E-state index contributed by atoms with van der Waals surface area (Å²) in [6.07, 6.45) is 7.42. The van der Waals surface area contributed by atoms with Gasteiger partial charge >= 0.3 is 5.97 Å². The molecule has 0 amide bonds. The summed E-state index contributed by atoms with van der Waals surface area (Å²) in [5.41, 5.74) is 4.31. The smallest absolute Gasteiger partial charge is 0.309 e. The molecule has 1 fully saturated rings. The summed E-state index contributed by atoms with van der Waals surface area (Å²) >= 11 is 0. The molecule has 4 rings (SSSR count). The van der Waals surface area contributed by atoms with E-state index in [-0.39, 0.29) is 35.0 Å². The summed E-state index contributed by atoms with van der Waals surface area (Å²) in [6, 6.07) is 13.0. The van der Waals surface area contributed by atoms with Gasteiger partial charge in [0.25, 0.3) is 5.69 Å². The predicted octanol–water partition coefficient (Wildman–Crippen LogP) is 4.21. The molecule has 1 saturated heterocycles. The summed E-state index contributed by atoms with van der Waals surface area (Å²) in [6.45, 7) is 4.06. The number of hydrogen-bond acceptors (Lipinski definition) is 5. The Morgan fingerprint density at radius 3 is 2.58 bits per heavy atom. The molecule has 1 atom stereocenters. The number of nitrogens with zero attached hydrogens (tertiary/aromatic N) is 1. The van der Waals surface area contributed by atoms with Gasteiger partial charge in [0.1, 0.15) is 0 Å². The van der Waals surface area contributed by atoms with Gasteiger partial charge in [0, 0.05) is 17.0 Å². The van der Waals surface area contributed by atoms with E-state index in [1.165, 1.54) is 17.2 Å². The number of nitrogens with one attached hydrogen (secondary N) is 1. The van der Waals surface area contributed by atoms with Crippen LogP contribution in [0.4, 0.5) is 5.69 Å². The minimum atomic E-state index is -0.481. The van der Waals surface area contributed by atoms with Crippen molar-refractivity contribution in [1.29, 1.82) is 0 Å². The Morgan fingerprint density at radius 2 is 1.84 bits per heavy atom. The van der Waals surface area contributed by atoms with Crippen molar-refractivity contribution in [3.05, 3.63) is 80.9 Å². The van der Waals surface area contributed by atoms with Crippen LogP contribution in [0.3, 0.4) is 0 Å². The lowest BCUT2D eigenvalue weighted by atomic mass is 9.74. The number of nitro groups is 1. The summed E-state index contributed by atoms with van der Waals surface area (Å²) < 4.78 is 5.34. The first-order chi connectivity index (χ1) is 15.0. The second-order valence-electron chi connectivity index (χ2n) is 8.36. The molecule has 1 aliphatic heterocycles. The van der Waals surface area contributed by atoms with Crippen molar-refractivity contribution in [3.8, 4) is 0 Å². The van der Waals surface area contributed by atoms with E-state index in [1.807, 2.05) is 0 Å². The molecule has 31 heavy (non-hydrogen) atoms. The van der Waals surface area contributed by atoms with E-state index in [0.29, 0.717) is 12.0 Å². The number of rotatable bonds is 7. The molecule has 2 aliphatic rings. The van der Waals surface area contributed by atoms with Crippen molar-refractivity contribution in [2.24, 2.45) is 5.92 Å². The van der Waals surface area contributed by atoms with Crippen LogP contribution in [0.15, 0.2) is 48.5 Å². The standard InChI is InChI=1S/C25H28N2O4/c1-2-31-24(28)20(17-19-6-3-4-9-23(19)27(29)30)16-18-7-5-8-22-21(18)10-11-25(22)12-14-26-15-13-25/h3-11,20,26H,2,12-17H2,1H3. The molecule has 1 aliphatic carbocycles. The van der Waals surface area contributed by atoms with Gasteiger partial charge in [-0.05, 0) is 62.4 Å². The topological polar surface area (TPSA) is 81.5 Å². The fourth-order valence-electron chi connectivity index (χ4n) is 4.95. The zero-order chi connectivity index (χ0) is 21.8. The number of fused-ring (bicyclic) bond motifs is 2. The molecule has 0 saturated carbocycles. The van der Waals surface area contributed by atoms with E-state index < -0.39 is 5.92 Å². The summed E-state index contributed by atoms with van der Waals surface area (Å²) in [7, 11) is 0. The summed E-state index contributed by atoms with van der Waals surface area (Å²) in [4.78, 5) is 23.9. The number of carbonyl (C=O) groups excluding carboxylic acids is 1. The second-order valence-corrected chi connectivity index (χ2v) is 8.36. The SMILES string of the molecule is CCOC(=O)C(Cc1ccccc1[N+](=O)[O-])Cc1cccc2c1C=CC21CCNCC1. The lowest BCUT2D eigenvalue weighted by molar-refractivity contribution is -0.385. The van der Waals surface area contributed by atoms with E-state index in [9.17, 15) is 14.9 Å². The zero-order valence-electron chi connectivity index (χ0n) is 17.8. The molecule has 0 aromatic heterocycles. The second kappa shape index (κ2) is 9.02. The highest BCUT2D eigenvalue weighted by Gasteiger charge is 2.37. The largest absolute Gasteiger partial charge is 0.466 e. The molecule has 1 unspecified atom stereocenters. The van der Waals surface area contributed by atoms with Crippen LogP contribution in [0.25, 0.3) is 6.08 Å². The number of para-hydroxylation sites is 1. The molecule has 0 bridgehead atoms. The highest BCUT2D eigenvalue weighted by molar-refractivity contribution is 5.75. The Balaban J connectivity index is 1.64. The normalized spacial score (nSPS) is 17.3. The number of carbonyl (C=O) groups is 1. The summed E-state index contributed by atoms with van der Waals surface area (Å²) in [5, 5.41) is 14.9. The molecule has 2 aromatic rings. The van der Waals surface area contributed by atoms with Crippen LogP contribution in [0.5, 0.6) is 0 Å². The molecule has 162 valence electrons. The molecule has 1 spiro atoms. The average molecular weight is 421 g/mol. The molecule has 6 heteroatoms. The van der Waals surface area contributed by atoms with E-state index in [0.717, 1.165) is 31.5 Å². The third-order valence-electron chi connectivity index (χ3n) is 6.54. The van der Waals surface area contributed by atoms with Crippen LogP contribution in [-0.2, 0) is 27.8 Å². The van der Waals surface area contributed by atoms with Crippen LogP contribution >= 0.6 is 0 Å². The predicted molar refractivity (Wildman–Crippen MR) is 120 cm³/mol. The zero-order valence-corrected chi connectivity index (χ0v) is 17.8. The summed E-state index contributed by atoms with van der Waals surface area (Å²) in [5.74, 6) is -0.790. The fourth-order valence-corrected chi connectivity index (χ4v) is 4.95. The highest BCUT2D eigenvalue weighted by Crippen LogP contribution is 2.44. The third kappa shape index (κ3) is 4.26. The van der Waals surface area contributed by atoms with Gasteiger partial charge in [-0.3, -0.25) is 14.9 Å². The van der Waals surface area contributed by atoms with Gasteiger partial charge in [0.05, 0.1) is 17.4 Å². The number of allylic oxidation sites excluding steroid dienone is 1. The molecule has 1 N–H and O–H groups in total. The molecule has 2 aromatic carbocycles. The number of ether oxygens (including phenoxy) is 1. The van der Waals surface area contributed by atoms with Crippen LogP contribution in [0, 0.1) is 16.0 Å². The number of hydrogen-bond donors (Lipinski definition) is 1. The Bertz CT molecular complexity index is 1010. The van der Waals surface area contributed by atoms with E-state index in [2.05, 4.69) is 35.7 Å². The lowest BCUT2D eigenvalue weighted by Gasteiger charge is -2.34. The molecule has 1 heterocycles. The quantitative estimate of drug-likeness (QED) is 0.412. The van der Waals surface area contributed by atoms with E-state index >= 15 is 0 Å². The average Bonchev–Trinajstić information content (AvgIpc) is 3.13. The minimum absolute atomic E-state index is 0.0450. The van der Waals surface area contributed by atoms with E-state index in [1.54, 1.807) is 25.1 Å². The van der Waals surface area contributed by atoms with Gasteiger partial charge in [0.2, 0.25) is 0 Å². The van der Waals surface area contributed by atoms with Crippen molar-refractivity contribution >= 4 is 17.7 Å². The van der Waals surface area contributed by atoms with Gasteiger partial charge in [-0.1, -0.05) is 48.6 Å². The van der Waals surface area contributed by atoms with Gasteiger partial charge in [-0.15, -0.1) is 0 Å². The fraction of sp³-hybridized carbons (Fsp3) is 0.400. The lowest BCUT2D eigenvalue weighted by Crippen LogP contribution is -2.37.